The normalized spacial score (nSPS) is 11.3. The molecule has 0 aliphatic carbocycles. The van der Waals surface area contributed by atoms with E-state index in [1.165, 1.54) is 16.8 Å². The fourth-order valence-corrected chi connectivity index (χ4v) is 3.58. The van der Waals surface area contributed by atoms with Crippen LogP contribution in [0.15, 0.2) is 59.6 Å². The monoisotopic (exact) mass is 373 g/mol. The first-order valence-corrected chi connectivity index (χ1v) is 9.21. The number of rotatable bonds is 4. The number of sulfonamides is 1. The lowest BCUT2D eigenvalue weighted by molar-refractivity contribution is 0.0974. The van der Waals surface area contributed by atoms with Crippen molar-refractivity contribution >= 4 is 15.9 Å². The largest absolute Gasteiger partial charge is 0.292 e. The zero-order valence-corrected chi connectivity index (χ0v) is 14.9. The predicted molar refractivity (Wildman–Crippen MR) is 94.1 cm³/mol. The van der Waals surface area contributed by atoms with Crippen LogP contribution in [0, 0.1) is 19.7 Å². The molecule has 1 N–H and O–H groups in total. The molecule has 0 aliphatic rings. The van der Waals surface area contributed by atoms with Gasteiger partial charge in [0.05, 0.1) is 6.20 Å². The first-order chi connectivity index (χ1) is 12.3. The number of hydrogen-bond acceptors (Lipinski definition) is 4. The molecule has 0 aliphatic heterocycles. The summed E-state index contributed by atoms with van der Waals surface area (Å²) < 4.78 is 42.2. The van der Waals surface area contributed by atoms with E-state index in [0.29, 0.717) is 17.1 Å². The molecule has 3 rings (SSSR count). The molecule has 26 heavy (non-hydrogen) atoms. The first-order valence-electron chi connectivity index (χ1n) is 7.72. The number of carbonyl (C=O) groups excluding carboxylic acids is 1. The molecule has 0 saturated carbocycles. The second kappa shape index (κ2) is 6.72. The number of hydrogen-bond donors (Lipinski definition) is 1. The number of aryl methyl sites for hydroxylation is 2. The van der Waals surface area contributed by atoms with Crippen LogP contribution in [0.4, 0.5) is 4.39 Å². The van der Waals surface area contributed by atoms with Gasteiger partial charge in [-0.1, -0.05) is 24.3 Å². The summed E-state index contributed by atoms with van der Waals surface area (Å²) in [6.07, 6.45) is 1.28. The molecule has 3 aromatic rings. The van der Waals surface area contributed by atoms with Gasteiger partial charge in [0, 0.05) is 5.69 Å². The highest BCUT2D eigenvalue weighted by Gasteiger charge is 2.25. The van der Waals surface area contributed by atoms with Crippen LogP contribution in [0.3, 0.4) is 0 Å². The fourth-order valence-electron chi connectivity index (χ4n) is 2.56. The third-order valence-electron chi connectivity index (χ3n) is 3.79. The molecular weight excluding hydrogens is 357 g/mol. The lowest BCUT2D eigenvalue weighted by atomic mass is 10.2. The number of nitrogens with zero attached hydrogens (tertiary/aromatic N) is 2. The van der Waals surface area contributed by atoms with Gasteiger partial charge in [-0.2, -0.15) is 0 Å². The number of imidazole rings is 1. The second-order valence-corrected chi connectivity index (χ2v) is 7.38. The van der Waals surface area contributed by atoms with Crippen molar-refractivity contribution in [2.24, 2.45) is 0 Å². The Bertz CT molecular complexity index is 1080. The number of nitrogens with one attached hydrogen (secondary N) is 1. The van der Waals surface area contributed by atoms with Crippen LogP contribution in [0.1, 0.15) is 21.9 Å². The molecule has 0 unspecified atom stereocenters. The Morgan fingerprint density at radius 1 is 1.12 bits per heavy atom. The summed E-state index contributed by atoms with van der Waals surface area (Å²) in [5.74, 6) is -1.30. The lowest BCUT2D eigenvalue weighted by Crippen LogP contribution is -2.32. The molecule has 1 amide bonds. The van der Waals surface area contributed by atoms with Gasteiger partial charge < -0.3 is 0 Å². The van der Waals surface area contributed by atoms with Gasteiger partial charge in [0.25, 0.3) is 15.9 Å². The maximum absolute atomic E-state index is 14.0. The highest BCUT2D eigenvalue weighted by atomic mass is 32.2. The third-order valence-corrected chi connectivity index (χ3v) is 5.15. The quantitative estimate of drug-likeness (QED) is 0.762. The van der Waals surface area contributed by atoms with Crippen LogP contribution in [0.2, 0.25) is 0 Å². The maximum Gasteiger partial charge on any atom is 0.283 e. The Hall–Kier alpha value is -3.00. The SMILES string of the molecule is Cc1ccc(S(=O)(=O)NC(=O)c2cnc(C)n2-c2ccccc2)c(F)c1. The molecule has 6 nitrogen and oxygen atoms in total. The molecule has 2 aromatic carbocycles. The van der Waals surface area contributed by atoms with Crippen LogP contribution >= 0.6 is 0 Å². The van der Waals surface area contributed by atoms with Crippen LogP contribution in [0.5, 0.6) is 0 Å². The minimum absolute atomic E-state index is 0.0322. The van der Waals surface area contributed by atoms with Gasteiger partial charge in [0.2, 0.25) is 0 Å². The highest BCUT2D eigenvalue weighted by Crippen LogP contribution is 2.18. The van der Waals surface area contributed by atoms with Gasteiger partial charge >= 0.3 is 0 Å². The lowest BCUT2D eigenvalue weighted by Gasteiger charge is -2.11. The minimum Gasteiger partial charge on any atom is -0.292 e. The van der Waals surface area contributed by atoms with Gasteiger partial charge in [0.1, 0.15) is 22.2 Å². The number of aromatic nitrogens is 2. The van der Waals surface area contributed by atoms with Gasteiger partial charge in [-0.3, -0.25) is 9.36 Å². The molecule has 1 heterocycles. The molecule has 134 valence electrons. The number of carbonyl (C=O) groups is 1. The topological polar surface area (TPSA) is 81.1 Å². The molecular formula is C18H16FN3O3S. The Morgan fingerprint density at radius 3 is 2.46 bits per heavy atom. The van der Waals surface area contributed by atoms with Crippen molar-refractivity contribution in [3.8, 4) is 5.69 Å². The summed E-state index contributed by atoms with van der Waals surface area (Å²) in [4.78, 5) is 16.0. The van der Waals surface area contributed by atoms with Crippen molar-refractivity contribution in [2.45, 2.75) is 18.7 Å². The number of amides is 1. The molecule has 0 fully saturated rings. The summed E-state index contributed by atoms with van der Waals surface area (Å²) in [6, 6.07) is 12.6. The third kappa shape index (κ3) is 3.36. The van der Waals surface area contributed by atoms with Gasteiger partial charge in [0.15, 0.2) is 0 Å². The van der Waals surface area contributed by atoms with Crippen LogP contribution in [-0.4, -0.2) is 23.9 Å². The van der Waals surface area contributed by atoms with E-state index < -0.39 is 26.6 Å². The standard InChI is InChI=1S/C18H16FN3O3S/c1-12-8-9-17(15(19)10-12)26(24,25)21-18(23)16-11-20-13(2)22(16)14-6-4-3-5-7-14/h3-11H,1-2H3,(H,21,23). The summed E-state index contributed by atoms with van der Waals surface area (Å²) >= 11 is 0. The average Bonchev–Trinajstić information content (AvgIpc) is 2.96. The van der Waals surface area contributed by atoms with Crippen LogP contribution in [0.25, 0.3) is 5.69 Å². The summed E-state index contributed by atoms with van der Waals surface area (Å²) in [5.41, 5.74) is 1.27. The van der Waals surface area contributed by atoms with Crippen molar-refractivity contribution in [1.82, 2.24) is 14.3 Å². The molecule has 0 saturated heterocycles. The highest BCUT2D eigenvalue weighted by molar-refractivity contribution is 7.90. The van der Waals surface area contributed by atoms with E-state index in [2.05, 4.69) is 4.98 Å². The minimum atomic E-state index is -4.36. The van der Waals surface area contributed by atoms with Crippen molar-refractivity contribution in [3.05, 3.63) is 77.6 Å². The van der Waals surface area contributed by atoms with E-state index in [-0.39, 0.29) is 5.69 Å². The Balaban J connectivity index is 1.97. The maximum atomic E-state index is 14.0. The second-order valence-electron chi connectivity index (χ2n) is 5.73. The number of benzene rings is 2. The average molecular weight is 373 g/mol. The van der Waals surface area contributed by atoms with Gasteiger partial charge in [-0.25, -0.2) is 22.5 Å². The van der Waals surface area contributed by atoms with Crippen molar-refractivity contribution in [2.75, 3.05) is 0 Å². The van der Waals surface area contributed by atoms with E-state index in [9.17, 15) is 17.6 Å². The van der Waals surface area contributed by atoms with E-state index in [4.69, 9.17) is 0 Å². The van der Waals surface area contributed by atoms with E-state index in [0.717, 1.165) is 12.1 Å². The smallest absolute Gasteiger partial charge is 0.283 e. The zero-order chi connectivity index (χ0) is 18.9. The van der Waals surface area contributed by atoms with E-state index in [1.807, 2.05) is 10.8 Å². The number of halogens is 1. The van der Waals surface area contributed by atoms with Crippen molar-refractivity contribution < 1.29 is 17.6 Å². The summed E-state index contributed by atoms with van der Waals surface area (Å²) in [6.45, 7) is 3.33. The van der Waals surface area contributed by atoms with Crippen LogP contribution in [-0.2, 0) is 10.0 Å². The predicted octanol–water partition coefficient (Wildman–Crippen LogP) is 2.75. The van der Waals surface area contributed by atoms with Crippen molar-refractivity contribution in [1.29, 1.82) is 0 Å². The van der Waals surface area contributed by atoms with E-state index in [1.54, 1.807) is 38.1 Å². The zero-order valence-electron chi connectivity index (χ0n) is 14.1. The number of para-hydroxylation sites is 1. The molecule has 0 atom stereocenters. The first kappa shape index (κ1) is 17.8. The Kier molecular flexibility index (Phi) is 4.60. The summed E-state index contributed by atoms with van der Waals surface area (Å²) in [7, 11) is -4.36. The molecule has 0 radical (unpaired) electrons. The van der Waals surface area contributed by atoms with Gasteiger partial charge in [-0.05, 0) is 43.7 Å². The van der Waals surface area contributed by atoms with Gasteiger partial charge in [-0.15, -0.1) is 0 Å². The van der Waals surface area contributed by atoms with Crippen molar-refractivity contribution in [3.63, 3.8) is 0 Å². The molecule has 8 heteroatoms. The fraction of sp³-hybridized carbons (Fsp3) is 0.111. The molecule has 0 bridgehead atoms. The Labute approximate surface area is 150 Å². The molecule has 1 aromatic heterocycles. The summed E-state index contributed by atoms with van der Waals surface area (Å²) in [5, 5.41) is 0. The van der Waals surface area contributed by atoms with E-state index >= 15 is 0 Å². The Morgan fingerprint density at radius 2 is 1.81 bits per heavy atom. The van der Waals surface area contributed by atoms with Crippen LogP contribution < -0.4 is 4.72 Å². The molecule has 0 spiro atoms.